The lowest BCUT2D eigenvalue weighted by Crippen LogP contribution is -2.38. The molecule has 0 aromatic carbocycles. The third-order valence-corrected chi connectivity index (χ3v) is 4.56. The molecule has 0 spiro atoms. The molecule has 1 saturated heterocycles. The molecule has 1 amide bonds. The summed E-state index contributed by atoms with van der Waals surface area (Å²) in [6.45, 7) is 1.69. The highest BCUT2D eigenvalue weighted by atomic mass is 79.9. The first-order chi connectivity index (χ1) is 8.24. The molecule has 1 aliphatic heterocycles. The van der Waals surface area contributed by atoms with Crippen LogP contribution in [0.5, 0.6) is 0 Å². The first kappa shape index (κ1) is 13.1. The van der Waals surface area contributed by atoms with E-state index in [1.807, 2.05) is 12.1 Å². The fourth-order valence-electron chi connectivity index (χ4n) is 2.03. The number of nitrogens with one attached hydrogen (secondary N) is 2. The molecule has 94 valence electrons. The fraction of sp³-hybridized carbons (Fsp3) is 0.583. The molecule has 0 bridgehead atoms. The Hall–Kier alpha value is -0.390. The van der Waals surface area contributed by atoms with Crippen LogP contribution in [-0.2, 0) is 11.3 Å². The van der Waals surface area contributed by atoms with Gasteiger partial charge in [-0.3, -0.25) is 4.79 Å². The van der Waals surface area contributed by atoms with Gasteiger partial charge in [0.15, 0.2) is 0 Å². The minimum Gasteiger partial charge on any atom is -0.351 e. The van der Waals surface area contributed by atoms with Crippen LogP contribution in [0.15, 0.2) is 15.9 Å². The molecule has 1 aliphatic rings. The average Bonchev–Trinajstić information content (AvgIpc) is 2.74. The third kappa shape index (κ3) is 4.41. The zero-order valence-electron chi connectivity index (χ0n) is 9.67. The Morgan fingerprint density at radius 1 is 1.53 bits per heavy atom. The molecule has 2 rings (SSSR count). The van der Waals surface area contributed by atoms with Crippen LogP contribution in [0.4, 0.5) is 0 Å². The number of piperidine rings is 1. The van der Waals surface area contributed by atoms with Gasteiger partial charge in [-0.05, 0) is 47.4 Å². The lowest BCUT2D eigenvalue weighted by Gasteiger charge is -2.22. The fourth-order valence-corrected chi connectivity index (χ4v) is 3.45. The number of rotatable bonds is 4. The molecule has 0 aliphatic carbocycles. The molecule has 5 heteroatoms. The van der Waals surface area contributed by atoms with Crippen LogP contribution in [0.1, 0.15) is 30.6 Å². The van der Waals surface area contributed by atoms with Crippen LogP contribution in [0.25, 0.3) is 0 Å². The van der Waals surface area contributed by atoms with Crippen molar-refractivity contribution < 1.29 is 4.79 Å². The van der Waals surface area contributed by atoms with E-state index in [-0.39, 0.29) is 5.91 Å². The highest BCUT2D eigenvalue weighted by Gasteiger charge is 2.15. The normalized spacial score (nSPS) is 20.2. The molecule has 0 radical (unpaired) electrons. The highest BCUT2D eigenvalue weighted by molar-refractivity contribution is 9.11. The molecule has 1 aromatic rings. The van der Waals surface area contributed by atoms with Crippen molar-refractivity contribution in [3.8, 4) is 0 Å². The predicted molar refractivity (Wildman–Crippen MR) is 74.1 cm³/mol. The van der Waals surface area contributed by atoms with Gasteiger partial charge in [-0.2, -0.15) is 0 Å². The van der Waals surface area contributed by atoms with Crippen molar-refractivity contribution in [2.75, 3.05) is 6.54 Å². The van der Waals surface area contributed by atoms with Crippen molar-refractivity contribution in [1.82, 2.24) is 10.6 Å². The predicted octanol–water partition coefficient (Wildman–Crippen LogP) is 2.66. The summed E-state index contributed by atoms with van der Waals surface area (Å²) in [5, 5.41) is 6.36. The molecular formula is C12H17BrN2OS. The summed E-state index contributed by atoms with van der Waals surface area (Å²) in [6, 6.07) is 4.42. The quantitative estimate of drug-likeness (QED) is 0.896. The second-order valence-electron chi connectivity index (χ2n) is 4.33. The van der Waals surface area contributed by atoms with Gasteiger partial charge in [0.1, 0.15) is 0 Å². The Labute approximate surface area is 114 Å². The molecule has 1 unspecified atom stereocenters. The Bertz CT molecular complexity index is 374. The van der Waals surface area contributed by atoms with Crippen molar-refractivity contribution in [3.05, 3.63) is 20.8 Å². The van der Waals surface area contributed by atoms with Crippen LogP contribution in [0.3, 0.4) is 0 Å². The number of hydrogen-bond donors (Lipinski definition) is 2. The van der Waals surface area contributed by atoms with E-state index in [4.69, 9.17) is 0 Å². The molecule has 2 N–H and O–H groups in total. The molecular weight excluding hydrogens is 300 g/mol. The average molecular weight is 317 g/mol. The van der Waals surface area contributed by atoms with E-state index in [0.717, 1.165) is 16.8 Å². The molecule has 2 heterocycles. The van der Waals surface area contributed by atoms with Gasteiger partial charge in [-0.25, -0.2) is 0 Å². The summed E-state index contributed by atoms with van der Waals surface area (Å²) in [5.41, 5.74) is 0. The largest absolute Gasteiger partial charge is 0.351 e. The first-order valence-electron chi connectivity index (χ1n) is 5.98. The molecule has 1 fully saturated rings. The molecule has 0 saturated carbocycles. The third-order valence-electron chi connectivity index (χ3n) is 2.93. The zero-order chi connectivity index (χ0) is 12.1. The van der Waals surface area contributed by atoms with Gasteiger partial charge in [0.05, 0.1) is 10.3 Å². The van der Waals surface area contributed by atoms with Gasteiger partial charge < -0.3 is 10.6 Å². The van der Waals surface area contributed by atoms with Gasteiger partial charge in [-0.15, -0.1) is 11.3 Å². The molecule has 3 nitrogen and oxygen atoms in total. The van der Waals surface area contributed by atoms with E-state index in [1.165, 1.54) is 17.7 Å². The lowest BCUT2D eigenvalue weighted by molar-refractivity contribution is -0.121. The molecule has 17 heavy (non-hydrogen) atoms. The summed E-state index contributed by atoms with van der Waals surface area (Å²) in [7, 11) is 0. The minimum atomic E-state index is 0.147. The second-order valence-corrected chi connectivity index (χ2v) is 6.88. The van der Waals surface area contributed by atoms with Gasteiger partial charge >= 0.3 is 0 Å². The summed E-state index contributed by atoms with van der Waals surface area (Å²) >= 11 is 5.08. The SMILES string of the molecule is O=C(CC1CCCCN1)NCc1ccc(Br)s1. The van der Waals surface area contributed by atoms with Crippen molar-refractivity contribution in [1.29, 1.82) is 0 Å². The van der Waals surface area contributed by atoms with Crippen molar-refractivity contribution in [3.63, 3.8) is 0 Å². The van der Waals surface area contributed by atoms with Crippen LogP contribution in [0.2, 0.25) is 0 Å². The van der Waals surface area contributed by atoms with E-state index in [1.54, 1.807) is 11.3 Å². The maximum Gasteiger partial charge on any atom is 0.221 e. The van der Waals surface area contributed by atoms with Crippen molar-refractivity contribution in [2.45, 2.75) is 38.3 Å². The number of amides is 1. The van der Waals surface area contributed by atoms with E-state index < -0.39 is 0 Å². The van der Waals surface area contributed by atoms with Crippen LogP contribution in [-0.4, -0.2) is 18.5 Å². The van der Waals surface area contributed by atoms with E-state index in [2.05, 4.69) is 26.6 Å². The van der Waals surface area contributed by atoms with Crippen LogP contribution in [0, 0.1) is 0 Å². The number of hydrogen-bond acceptors (Lipinski definition) is 3. The maximum atomic E-state index is 11.7. The summed E-state index contributed by atoms with van der Waals surface area (Å²) in [4.78, 5) is 12.9. The second kappa shape index (κ2) is 6.52. The lowest BCUT2D eigenvalue weighted by atomic mass is 10.0. The van der Waals surface area contributed by atoms with Crippen molar-refractivity contribution >= 4 is 33.2 Å². The standard InChI is InChI=1S/C12H17BrN2OS/c13-11-5-4-10(17-11)8-15-12(16)7-9-3-1-2-6-14-9/h4-5,9,14H,1-3,6-8H2,(H,15,16). The van der Waals surface area contributed by atoms with Gasteiger partial charge in [0.2, 0.25) is 5.91 Å². The number of thiophene rings is 1. The maximum absolute atomic E-state index is 11.7. The van der Waals surface area contributed by atoms with Crippen LogP contribution >= 0.6 is 27.3 Å². The Kier molecular flexibility index (Phi) is 5.00. The molecule has 1 atom stereocenters. The van der Waals surface area contributed by atoms with E-state index in [0.29, 0.717) is 19.0 Å². The Balaban J connectivity index is 1.70. The summed E-state index contributed by atoms with van der Waals surface area (Å²) in [5.74, 6) is 0.147. The summed E-state index contributed by atoms with van der Waals surface area (Å²) in [6.07, 6.45) is 4.20. The minimum absolute atomic E-state index is 0.147. The van der Waals surface area contributed by atoms with E-state index >= 15 is 0 Å². The Morgan fingerprint density at radius 3 is 3.06 bits per heavy atom. The molecule has 1 aromatic heterocycles. The zero-order valence-corrected chi connectivity index (χ0v) is 12.1. The Morgan fingerprint density at radius 2 is 2.41 bits per heavy atom. The monoisotopic (exact) mass is 316 g/mol. The van der Waals surface area contributed by atoms with Crippen molar-refractivity contribution in [2.24, 2.45) is 0 Å². The number of carbonyl (C=O) groups is 1. The number of carbonyl (C=O) groups excluding carboxylic acids is 1. The topological polar surface area (TPSA) is 41.1 Å². The van der Waals surface area contributed by atoms with Gasteiger partial charge in [-0.1, -0.05) is 6.42 Å². The van der Waals surface area contributed by atoms with Crippen LogP contribution < -0.4 is 10.6 Å². The smallest absolute Gasteiger partial charge is 0.221 e. The van der Waals surface area contributed by atoms with E-state index in [9.17, 15) is 4.79 Å². The van der Waals surface area contributed by atoms with Gasteiger partial charge in [0.25, 0.3) is 0 Å². The first-order valence-corrected chi connectivity index (χ1v) is 7.59. The summed E-state index contributed by atoms with van der Waals surface area (Å²) < 4.78 is 1.11. The van der Waals surface area contributed by atoms with Gasteiger partial charge in [0, 0.05) is 17.3 Å². The number of halogens is 1. The highest BCUT2D eigenvalue weighted by Crippen LogP contribution is 2.21.